The SMILES string of the molecule is CC1C=NN[C@H]1C. The van der Waals surface area contributed by atoms with E-state index in [1.54, 1.807) is 0 Å². The van der Waals surface area contributed by atoms with Crippen LogP contribution < -0.4 is 5.43 Å². The van der Waals surface area contributed by atoms with E-state index in [2.05, 4.69) is 24.4 Å². The predicted octanol–water partition coefficient (Wildman–Crippen LogP) is 0.600. The lowest BCUT2D eigenvalue weighted by Gasteiger charge is -2.04. The van der Waals surface area contributed by atoms with Crippen molar-refractivity contribution in [1.82, 2.24) is 5.43 Å². The van der Waals surface area contributed by atoms with Gasteiger partial charge in [-0.15, -0.1) is 0 Å². The van der Waals surface area contributed by atoms with E-state index in [1.165, 1.54) is 0 Å². The maximum absolute atomic E-state index is 3.87. The Morgan fingerprint density at radius 1 is 1.57 bits per heavy atom. The van der Waals surface area contributed by atoms with Crippen molar-refractivity contribution in [2.45, 2.75) is 19.9 Å². The topological polar surface area (TPSA) is 24.4 Å². The molecule has 2 atom stereocenters. The summed E-state index contributed by atoms with van der Waals surface area (Å²) in [4.78, 5) is 0. The average Bonchev–Trinajstić information content (AvgIpc) is 1.91. The quantitative estimate of drug-likeness (QED) is 0.471. The van der Waals surface area contributed by atoms with Gasteiger partial charge in [0.15, 0.2) is 0 Å². The van der Waals surface area contributed by atoms with Crippen LogP contribution in [-0.4, -0.2) is 12.3 Å². The fourth-order valence-corrected chi connectivity index (χ4v) is 0.525. The van der Waals surface area contributed by atoms with Gasteiger partial charge in [0.1, 0.15) is 0 Å². The molecule has 0 amide bonds. The Bertz CT molecular complexity index is 88.1. The summed E-state index contributed by atoms with van der Waals surface area (Å²) in [7, 11) is 0. The van der Waals surface area contributed by atoms with Gasteiger partial charge in [0.25, 0.3) is 0 Å². The molecule has 1 aliphatic heterocycles. The smallest absolute Gasteiger partial charge is 0.0487 e. The third kappa shape index (κ3) is 0.734. The molecule has 0 bridgehead atoms. The van der Waals surface area contributed by atoms with Gasteiger partial charge < -0.3 is 5.43 Å². The van der Waals surface area contributed by atoms with Crippen molar-refractivity contribution >= 4 is 6.21 Å². The summed E-state index contributed by atoms with van der Waals surface area (Å²) < 4.78 is 0. The maximum atomic E-state index is 3.87. The van der Waals surface area contributed by atoms with Crippen molar-refractivity contribution in [1.29, 1.82) is 0 Å². The Labute approximate surface area is 43.6 Å². The number of hydrazone groups is 1. The molecule has 0 aromatic rings. The first-order valence-corrected chi connectivity index (χ1v) is 2.59. The van der Waals surface area contributed by atoms with Crippen LogP contribution in [-0.2, 0) is 0 Å². The van der Waals surface area contributed by atoms with Crippen molar-refractivity contribution in [2.24, 2.45) is 11.0 Å². The molecule has 0 fully saturated rings. The minimum atomic E-state index is 0.542. The van der Waals surface area contributed by atoms with Gasteiger partial charge in [-0.05, 0) is 6.92 Å². The highest BCUT2D eigenvalue weighted by Crippen LogP contribution is 2.02. The van der Waals surface area contributed by atoms with E-state index in [1.807, 2.05) is 6.21 Å². The lowest BCUT2D eigenvalue weighted by molar-refractivity contribution is 0.544. The molecule has 0 radical (unpaired) electrons. The van der Waals surface area contributed by atoms with Gasteiger partial charge in [-0.2, -0.15) is 5.10 Å². The van der Waals surface area contributed by atoms with Gasteiger partial charge in [0, 0.05) is 18.2 Å². The van der Waals surface area contributed by atoms with E-state index in [4.69, 9.17) is 0 Å². The van der Waals surface area contributed by atoms with Gasteiger partial charge >= 0.3 is 0 Å². The van der Waals surface area contributed by atoms with E-state index in [0.717, 1.165) is 0 Å². The highest BCUT2D eigenvalue weighted by Gasteiger charge is 2.12. The molecule has 0 aromatic carbocycles. The molecular weight excluding hydrogens is 88.1 g/mol. The van der Waals surface area contributed by atoms with Crippen molar-refractivity contribution in [3.63, 3.8) is 0 Å². The highest BCUT2D eigenvalue weighted by molar-refractivity contribution is 5.62. The van der Waals surface area contributed by atoms with Crippen LogP contribution in [0.1, 0.15) is 13.8 Å². The maximum Gasteiger partial charge on any atom is 0.0487 e. The number of hydrogen-bond acceptors (Lipinski definition) is 2. The standard InChI is InChI=1S/C5H10N2/c1-4-3-6-7-5(4)2/h3-5,7H,1-2H3/t4?,5-/m0/s1. The number of rotatable bonds is 0. The van der Waals surface area contributed by atoms with Crippen LogP contribution >= 0.6 is 0 Å². The van der Waals surface area contributed by atoms with Crippen LogP contribution in [0.4, 0.5) is 0 Å². The number of nitrogens with zero attached hydrogens (tertiary/aromatic N) is 1. The van der Waals surface area contributed by atoms with Crippen LogP contribution in [0.3, 0.4) is 0 Å². The van der Waals surface area contributed by atoms with E-state index < -0.39 is 0 Å². The molecule has 0 aliphatic carbocycles. The molecule has 40 valence electrons. The van der Waals surface area contributed by atoms with Crippen LogP contribution in [0.5, 0.6) is 0 Å². The van der Waals surface area contributed by atoms with Gasteiger partial charge in [-0.25, -0.2) is 0 Å². The number of hydrogen-bond donors (Lipinski definition) is 1. The largest absolute Gasteiger partial charge is 0.307 e. The molecule has 2 heteroatoms. The van der Waals surface area contributed by atoms with Crippen LogP contribution in [0.2, 0.25) is 0 Å². The van der Waals surface area contributed by atoms with Gasteiger partial charge in [0.05, 0.1) is 0 Å². The van der Waals surface area contributed by atoms with Crippen LogP contribution in [0.25, 0.3) is 0 Å². The first-order chi connectivity index (χ1) is 3.30. The van der Waals surface area contributed by atoms with Crippen LogP contribution in [0, 0.1) is 5.92 Å². The van der Waals surface area contributed by atoms with Crippen molar-refractivity contribution in [2.75, 3.05) is 0 Å². The van der Waals surface area contributed by atoms with E-state index in [9.17, 15) is 0 Å². The number of nitrogens with one attached hydrogen (secondary N) is 1. The second kappa shape index (κ2) is 1.52. The second-order valence-electron chi connectivity index (χ2n) is 2.06. The van der Waals surface area contributed by atoms with Crippen molar-refractivity contribution < 1.29 is 0 Å². The molecule has 1 N–H and O–H groups in total. The third-order valence-corrected chi connectivity index (χ3v) is 1.38. The summed E-state index contributed by atoms with van der Waals surface area (Å²) in [6, 6.07) is 0.542. The zero-order chi connectivity index (χ0) is 5.28. The molecule has 1 rings (SSSR count). The Morgan fingerprint density at radius 3 is 2.43 bits per heavy atom. The first-order valence-electron chi connectivity index (χ1n) is 2.59. The summed E-state index contributed by atoms with van der Waals surface area (Å²) in [6.45, 7) is 4.27. The molecule has 1 aliphatic rings. The zero-order valence-electron chi connectivity index (χ0n) is 4.68. The molecule has 1 heterocycles. The van der Waals surface area contributed by atoms with E-state index >= 15 is 0 Å². The van der Waals surface area contributed by atoms with Gasteiger partial charge in [-0.3, -0.25) is 0 Å². The molecule has 7 heavy (non-hydrogen) atoms. The summed E-state index contributed by atoms with van der Waals surface area (Å²) in [6.07, 6.45) is 1.94. The molecular formula is C5H10N2. The first kappa shape index (κ1) is 4.62. The summed E-state index contributed by atoms with van der Waals surface area (Å²) in [5, 5.41) is 3.87. The normalized spacial score (nSPS) is 38.6. The highest BCUT2D eigenvalue weighted by atomic mass is 15.3. The molecule has 2 nitrogen and oxygen atoms in total. The third-order valence-electron chi connectivity index (χ3n) is 1.38. The molecule has 0 aromatic heterocycles. The minimum Gasteiger partial charge on any atom is -0.307 e. The molecule has 0 spiro atoms. The summed E-state index contributed by atoms with van der Waals surface area (Å²) in [5.74, 6) is 0.611. The Balaban J connectivity index is 2.45. The van der Waals surface area contributed by atoms with Gasteiger partial charge in [-0.1, -0.05) is 6.92 Å². The summed E-state index contributed by atoms with van der Waals surface area (Å²) in [5.41, 5.74) is 2.94. The average molecular weight is 98.1 g/mol. The fraction of sp³-hybridized carbons (Fsp3) is 0.800. The molecule has 1 unspecified atom stereocenters. The lowest BCUT2D eigenvalue weighted by atomic mass is 10.1. The molecule has 0 saturated carbocycles. The van der Waals surface area contributed by atoms with Crippen molar-refractivity contribution in [3.05, 3.63) is 0 Å². The summed E-state index contributed by atoms with van der Waals surface area (Å²) >= 11 is 0. The monoisotopic (exact) mass is 98.1 g/mol. The fourth-order valence-electron chi connectivity index (χ4n) is 0.525. The molecule has 0 saturated heterocycles. The Morgan fingerprint density at radius 2 is 2.29 bits per heavy atom. The predicted molar refractivity (Wildman–Crippen MR) is 30.3 cm³/mol. The van der Waals surface area contributed by atoms with E-state index in [-0.39, 0.29) is 0 Å². The minimum absolute atomic E-state index is 0.542. The van der Waals surface area contributed by atoms with E-state index in [0.29, 0.717) is 12.0 Å². The Kier molecular flexibility index (Phi) is 1.01. The van der Waals surface area contributed by atoms with Crippen molar-refractivity contribution in [3.8, 4) is 0 Å². The Hall–Kier alpha value is -0.530. The van der Waals surface area contributed by atoms with Gasteiger partial charge in [0.2, 0.25) is 0 Å². The zero-order valence-corrected chi connectivity index (χ0v) is 4.68. The second-order valence-corrected chi connectivity index (χ2v) is 2.06. The van der Waals surface area contributed by atoms with Crippen LogP contribution in [0.15, 0.2) is 5.10 Å². The lowest BCUT2D eigenvalue weighted by Crippen LogP contribution is -2.20.